The number of hydrogen-bond donors (Lipinski definition) is 2. The molecule has 0 saturated carbocycles. The number of aromatic nitrogens is 2. The van der Waals surface area contributed by atoms with Crippen molar-refractivity contribution in [1.29, 1.82) is 0 Å². The number of alkyl halides is 2. The Morgan fingerprint density at radius 2 is 2.18 bits per heavy atom. The Morgan fingerprint density at radius 1 is 1.53 bits per heavy atom. The van der Waals surface area contributed by atoms with Crippen LogP contribution in [0.3, 0.4) is 0 Å². The van der Waals surface area contributed by atoms with Crippen LogP contribution in [0, 0.1) is 6.92 Å². The Morgan fingerprint density at radius 3 is 2.71 bits per heavy atom. The highest BCUT2D eigenvalue weighted by atomic mass is 35.5. The summed E-state index contributed by atoms with van der Waals surface area (Å²) in [4.78, 5) is 0. The SMILES string of the molecule is CCn1nc(C)c(Cl)c1CNCC(F)(F)CO. The number of nitrogens with one attached hydrogen (secondary N) is 1. The number of halogens is 3. The summed E-state index contributed by atoms with van der Waals surface area (Å²) in [5.41, 5.74) is 1.36. The van der Waals surface area contributed by atoms with Crippen LogP contribution < -0.4 is 5.32 Å². The molecule has 98 valence electrons. The van der Waals surface area contributed by atoms with Crippen molar-refractivity contribution < 1.29 is 13.9 Å². The van der Waals surface area contributed by atoms with Crippen molar-refractivity contribution in [3.8, 4) is 0 Å². The first-order valence-corrected chi connectivity index (χ1v) is 5.70. The van der Waals surface area contributed by atoms with Gasteiger partial charge in [-0.25, -0.2) is 8.78 Å². The topological polar surface area (TPSA) is 50.1 Å². The highest BCUT2D eigenvalue weighted by Gasteiger charge is 2.27. The lowest BCUT2D eigenvalue weighted by atomic mass is 10.3. The van der Waals surface area contributed by atoms with Crippen LogP contribution in [-0.4, -0.2) is 34.0 Å². The van der Waals surface area contributed by atoms with Gasteiger partial charge in [-0.1, -0.05) is 11.6 Å². The summed E-state index contributed by atoms with van der Waals surface area (Å²) in [6.07, 6.45) is 0. The summed E-state index contributed by atoms with van der Waals surface area (Å²) in [6.45, 7) is 2.73. The molecule has 1 heterocycles. The molecule has 2 N–H and O–H groups in total. The highest BCUT2D eigenvalue weighted by molar-refractivity contribution is 6.31. The van der Waals surface area contributed by atoms with Crippen LogP contribution in [0.4, 0.5) is 8.78 Å². The number of aliphatic hydroxyl groups is 1. The van der Waals surface area contributed by atoms with E-state index >= 15 is 0 Å². The minimum Gasteiger partial charge on any atom is -0.390 e. The number of aryl methyl sites for hydroxylation is 2. The fourth-order valence-electron chi connectivity index (χ4n) is 1.46. The molecule has 0 aliphatic rings. The molecule has 1 aromatic rings. The Balaban J connectivity index is 2.63. The maximum Gasteiger partial charge on any atom is 0.282 e. The van der Waals surface area contributed by atoms with E-state index in [-0.39, 0.29) is 6.54 Å². The second kappa shape index (κ2) is 5.75. The molecule has 0 atom stereocenters. The molecular formula is C10H16ClF2N3O. The van der Waals surface area contributed by atoms with E-state index in [0.717, 1.165) is 0 Å². The van der Waals surface area contributed by atoms with Crippen LogP contribution in [0.15, 0.2) is 0 Å². The van der Waals surface area contributed by atoms with Gasteiger partial charge in [-0.05, 0) is 13.8 Å². The molecule has 17 heavy (non-hydrogen) atoms. The zero-order valence-electron chi connectivity index (χ0n) is 9.80. The first-order valence-electron chi connectivity index (χ1n) is 5.32. The van der Waals surface area contributed by atoms with E-state index < -0.39 is 19.1 Å². The minimum atomic E-state index is -3.11. The van der Waals surface area contributed by atoms with Gasteiger partial charge in [0.1, 0.15) is 6.61 Å². The lowest BCUT2D eigenvalue weighted by Crippen LogP contribution is -2.35. The summed E-state index contributed by atoms with van der Waals surface area (Å²) in [7, 11) is 0. The standard InChI is InChI=1S/C10H16ClF2N3O/c1-3-16-8(9(11)7(2)15-16)4-14-5-10(12,13)6-17/h14,17H,3-6H2,1-2H3. The third kappa shape index (κ3) is 3.62. The molecule has 0 radical (unpaired) electrons. The van der Waals surface area contributed by atoms with Crippen LogP contribution in [-0.2, 0) is 13.1 Å². The Bertz CT molecular complexity index is 382. The predicted octanol–water partition coefficient (Wildman–Crippen LogP) is 1.58. The lowest BCUT2D eigenvalue weighted by Gasteiger charge is -2.14. The zero-order valence-corrected chi connectivity index (χ0v) is 10.6. The predicted molar refractivity (Wildman–Crippen MR) is 61.4 cm³/mol. The van der Waals surface area contributed by atoms with Gasteiger partial charge in [0.25, 0.3) is 5.92 Å². The molecule has 1 rings (SSSR count). The average molecular weight is 268 g/mol. The van der Waals surface area contributed by atoms with Gasteiger partial charge in [0.05, 0.1) is 23.0 Å². The Hall–Kier alpha value is -0.720. The van der Waals surface area contributed by atoms with Crippen molar-refractivity contribution >= 4 is 11.6 Å². The largest absolute Gasteiger partial charge is 0.390 e. The molecule has 0 aliphatic heterocycles. The molecule has 0 aromatic carbocycles. The van der Waals surface area contributed by atoms with E-state index in [1.165, 1.54) is 0 Å². The molecule has 0 fully saturated rings. The third-order valence-electron chi connectivity index (χ3n) is 2.36. The molecule has 1 aromatic heterocycles. The van der Waals surface area contributed by atoms with Gasteiger partial charge in [0, 0.05) is 13.1 Å². The first-order chi connectivity index (χ1) is 7.91. The number of rotatable bonds is 6. The number of nitrogens with zero attached hydrogens (tertiary/aromatic N) is 2. The van der Waals surface area contributed by atoms with Gasteiger partial charge >= 0.3 is 0 Å². The minimum absolute atomic E-state index is 0.198. The summed E-state index contributed by atoms with van der Waals surface area (Å²) in [5, 5.41) is 15.6. The van der Waals surface area contributed by atoms with Crippen LogP contribution >= 0.6 is 11.6 Å². The van der Waals surface area contributed by atoms with E-state index in [0.29, 0.717) is 23.0 Å². The van der Waals surface area contributed by atoms with Gasteiger partial charge in [-0.15, -0.1) is 0 Å². The van der Waals surface area contributed by atoms with E-state index in [1.807, 2.05) is 6.92 Å². The molecule has 0 aliphatic carbocycles. The van der Waals surface area contributed by atoms with Crippen LogP contribution in [0.2, 0.25) is 5.02 Å². The van der Waals surface area contributed by atoms with Crippen LogP contribution in [0.1, 0.15) is 18.3 Å². The maximum absolute atomic E-state index is 12.8. The van der Waals surface area contributed by atoms with Crippen molar-refractivity contribution in [3.05, 3.63) is 16.4 Å². The fourth-order valence-corrected chi connectivity index (χ4v) is 1.66. The third-order valence-corrected chi connectivity index (χ3v) is 2.85. The number of aliphatic hydroxyl groups excluding tert-OH is 1. The second-order valence-corrected chi connectivity index (χ2v) is 4.16. The van der Waals surface area contributed by atoms with E-state index in [2.05, 4.69) is 10.4 Å². The smallest absolute Gasteiger partial charge is 0.282 e. The van der Waals surface area contributed by atoms with Gasteiger partial charge < -0.3 is 10.4 Å². The molecule has 0 amide bonds. The molecule has 0 saturated heterocycles. The number of hydrogen-bond acceptors (Lipinski definition) is 3. The van der Waals surface area contributed by atoms with Gasteiger partial charge in [0.2, 0.25) is 0 Å². The van der Waals surface area contributed by atoms with E-state index in [9.17, 15) is 8.78 Å². The van der Waals surface area contributed by atoms with Crippen molar-refractivity contribution in [2.75, 3.05) is 13.2 Å². The highest BCUT2D eigenvalue weighted by Crippen LogP contribution is 2.20. The summed E-state index contributed by atoms with van der Waals surface area (Å²) in [6, 6.07) is 0. The Kier molecular flexibility index (Phi) is 4.85. The Labute approximate surface area is 104 Å². The zero-order chi connectivity index (χ0) is 13.1. The summed E-state index contributed by atoms with van der Waals surface area (Å²) >= 11 is 6.02. The normalized spacial score (nSPS) is 12.1. The fraction of sp³-hybridized carbons (Fsp3) is 0.700. The summed E-state index contributed by atoms with van der Waals surface area (Å²) in [5.74, 6) is -3.11. The monoisotopic (exact) mass is 267 g/mol. The van der Waals surface area contributed by atoms with E-state index in [1.54, 1.807) is 11.6 Å². The van der Waals surface area contributed by atoms with Crippen molar-refractivity contribution in [1.82, 2.24) is 15.1 Å². The van der Waals surface area contributed by atoms with Crippen molar-refractivity contribution in [2.45, 2.75) is 32.9 Å². The first kappa shape index (κ1) is 14.3. The molecule has 4 nitrogen and oxygen atoms in total. The second-order valence-electron chi connectivity index (χ2n) is 3.78. The van der Waals surface area contributed by atoms with Gasteiger partial charge in [-0.3, -0.25) is 4.68 Å². The maximum atomic E-state index is 12.8. The lowest BCUT2D eigenvalue weighted by molar-refractivity contribution is -0.0478. The van der Waals surface area contributed by atoms with E-state index in [4.69, 9.17) is 16.7 Å². The van der Waals surface area contributed by atoms with Gasteiger partial charge in [-0.2, -0.15) is 5.10 Å². The molecule has 0 unspecified atom stereocenters. The molecule has 0 bridgehead atoms. The van der Waals surface area contributed by atoms with Crippen molar-refractivity contribution in [2.24, 2.45) is 0 Å². The van der Waals surface area contributed by atoms with Gasteiger partial charge in [0.15, 0.2) is 0 Å². The van der Waals surface area contributed by atoms with Crippen LogP contribution in [0.5, 0.6) is 0 Å². The molecule has 7 heteroatoms. The van der Waals surface area contributed by atoms with Crippen molar-refractivity contribution in [3.63, 3.8) is 0 Å². The average Bonchev–Trinajstić information content (AvgIpc) is 2.56. The van der Waals surface area contributed by atoms with Crippen LogP contribution in [0.25, 0.3) is 0 Å². The summed E-state index contributed by atoms with van der Waals surface area (Å²) < 4.78 is 27.2. The quantitative estimate of drug-likeness (QED) is 0.823. The molecular weight excluding hydrogens is 252 g/mol. The molecule has 0 spiro atoms.